The first kappa shape index (κ1) is 23.7. The minimum atomic E-state index is -0.673. The predicted molar refractivity (Wildman–Crippen MR) is 127 cm³/mol. The summed E-state index contributed by atoms with van der Waals surface area (Å²) in [7, 11) is 0. The van der Waals surface area contributed by atoms with Crippen molar-refractivity contribution in [2.24, 2.45) is 5.41 Å². The maximum Gasteiger partial charge on any atom is 0.253 e. The first-order chi connectivity index (χ1) is 14.6. The van der Waals surface area contributed by atoms with Gasteiger partial charge in [-0.05, 0) is 35.7 Å². The molecule has 8 heteroatoms. The van der Waals surface area contributed by atoms with Crippen LogP contribution >= 0.6 is 34.8 Å². The molecule has 1 atom stereocenters. The highest BCUT2D eigenvalue weighted by molar-refractivity contribution is 6.42. The van der Waals surface area contributed by atoms with Crippen LogP contribution in [0.15, 0.2) is 42.5 Å². The average molecular weight is 483 g/mol. The second-order valence-corrected chi connectivity index (χ2v) is 9.88. The Morgan fingerprint density at radius 1 is 0.903 bits per heavy atom. The monoisotopic (exact) mass is 481 g/mol. The summed E-state index contributed by atoms with van der Waals surface area (Å²) >= 11 is 18.3. The molecule has 1 aliphatic rings. The third-order valence-corrected chi connectivity index (χ3v) is 6.44. The van der Waals surface area contributed by atoms with E-state index in [1.807, 2.05) is 32.9 Å². The lowest BCUT2D eigenvalue weighted by molar-refractivity contribution is -0.136. The first-order valence-electron chi connectivity index (χ1n) is 10.1. The van der Waals surface area contributed by atoms with Gasteiger partial charge in [0.05, 0.1) is 20.6 Å². The first-order valence-corrected chi connectivity index (χ1v) is 11.3. The van der Waals surface area contributed by atoms with Gasteiger partial charge in [0.2, 0.25) is 5.91 Å². The number of benzene rings is 2. The summed E-state index contributed by atoms with van der Waals surface area (Å²) in [5, 5.41) is 4.29. The fourth-order valence-corrected chi connectivity index (χ4v) is 4.07. The van der Waals surface area contributed by atoms with Crippen LogP contribution in [0.25, 0.3) is 0 Å². The van der Waals surface area contributed by atoms with Crippen molar-refractivity contribution in [2.75, 3.05) is 31.1 Å². The zero-order chi connectivity index (χ0) is 22.8. The summed E-state index contributed by atoms with van der Waals surface area (Å²) in [6, 6.07) is 11.7. The maximum atomic E-state index is 13.4. The van der Waals surface area contributed by atoms with Gasteiger partial charge in [-0.15, -0.1) is 0 Å². The molecule has 2 aromatic carbocycles. The molecule has 1 unspecified atom stereocenters. The normalized spacial score (nSPS) is 15.5. The molecule has 3 rings (SSSR count). The number of carbonyl (C=O) groups is 2. The standard InChI is InChI=1S/C23H26Cl3N3O2/c1-23(2,3)20(27-21(30)16-6-4-5-7-17(16)24)22(31)29-12-10-28(11-13-29)15-8-9-18(25)19(26)14-15/h4-9,14,20H,10-13H2,1-3H3,(H,27,30). The molecule has 5 nitrogen and oxygen atoms in total. The van der Waals surface area contributed by atoms with Crippen LogP contribution in [0.2, 0.25) is 15.1 Å². The number of nitrogens with one attached hydrogen (secondary N) is 1. The van der Waals surface area contributed by atoms with Crippen molar-refractivity contribution in [2.45, 2.75) is 26.8 Å². The summed E-state index contributed by atoms with van der Waals surface area (Å²) in [5.74, 6) is -0.449. The second kappa shape index (κ2) is 9.68. The summed E-state index contributed by atoms with van der Waals surface area (Å²) in [6.45, 7) is 8.25. The van der Waals surface area contributed by atoms with E-state index in [0.717, 1.165) is 5.69 Å². The molecular formula is C23H26Cl3N3O2. The van der Waals surface area contributed by atoms with Gasteiger partial charge in [0.25, 0.3) is 5.91 Å². The molecule has 1 aliphatic heterocycles. The van der Waals surface area contributed by atoms with Crippen molar-refractivity contribution in [3.8, 4) is 0 Å². The third-order valence-electron chi connectivity index (χ3n) is 5.37. The molecule has 31 heavy (non-hydrogen) atoms. The zero-order valence-corrected chi connectivity index (χ0v) is 20.1. The third kappa shape index (κ3) is 5.65. The largest absolute Gasteiger partial charge is 0.368 e. The zero-order valence-electron chi connectivity index (χ0n) is 17.8. The van der Waals surface area contributed by atoms with Crippen LogP contribution in [0.1, 0.15) is 31.1 Å². The highest BCUT2D eigenvalue weighted by atomic mass is 35.5. The highest BCUT2D eigenvalue weighted by Crippen LogP contribution is 2.28. The minimum absolute atomic E-state index is 0.0957. The van der Waals surface area contributed by atoms with E-state index in [2.05, 4.69) is 10.2 Å². The molecule has 0 saturated carbocycles. The van der Waals surface area contributed by atoms with E-state index < -0.39 is 11.5 Å². The van der Waals surface area contributed by atoms with Crippen molar-refractivity contribution in [3.63, 3.8) is 0 Å². The van der Waals surface area contributed by atoms with Gasteiger partial charge >= 0.3 is 0 Å². The van der Waals surface area contributed by atoms with Crippen LogP contribution in [-0.4, -0.2) is 48.9 Å². The van der Waals surface area contributed by atoms with E-state index in [1.54, 1.807) is 35.2 Å². The second-order valence-electron chi connectivity index (χ2n) is 8.66. The van der Waals surface area contributed by atoms with Crippen LogP contribution in [0, 0.1) is 5.41 Å². The van der Waals surface area contributed by atoms with E-state index in [9.17, 15) is 9.59 Å². The molecule has 1 heterocycles. The van der Waals surface area contributed by atoms with Crippen molar-refractivity contribution in [1.82, 2.24) is 10.2 Å². The Morgan fingerprint density at radius 2 is 1.55 bits per heavy atom. The molecule has 1 fully saturated rings. The molecule has 1 N–H and O–H groups in total. The van der Waals surface area contributed by atoms with Gasteiger partial charge in [-0.25, -0.2) is 0 Å². The number of hydrogen-bond acceptors (Lipinski definition) is 3. The minimum Gasteiger partial charge on any atom is -0.368 e. The predicted octanol–water partition coefficient (Wildman–Crippen LogP) is 5.14. The van der Waals surface area contributed by atoms with Crippen molar-refractivity contribution in [1.29, 1.82) is 0 Å². The number of rotatable bonds is 4. The van der Waals surface area contributed by atoms with Gasteiger partial charge < -0.3 is 15.1 Å². The van der Waals surface area contributed by atoms with Crippen LogP contribution in [-0.2, 0) is 4.79 Å². The molecule has 0 spiro atoms. The molecule has 166 valence electrons. The Balaban J connectivity index is 1.69. The number of amides is 2. The average Bonchev–Trinajstić information content (AvgIpc) is 2.73. The molecule has 0 radical (unpaired) electrons. The van der Waals surface area contributed by atoms with Crippen molar-refractivity contribution >= 4 is 52.3 Å². The number of nitrogens with zero attached hydrogens (tertiary/aromatic N) is 2. The van der Waals surface area contributed by atoms with Gasteiger partial charge in [-0.1, -0.05) is 67.7 Å². The fraction of sp³-hybridized carbons (Fsp3) is 0.391. The SMILES string of the molecule is CC(C)(C)C(NC(=O)c1ccccc1Cl)C(=O)N1CCN(c2ccc(Cl)c(Cl)c2)CC1. The van der Waals surface area contributed by atoms with Gasteiger partial charge in [0, 0.05) is 31.9 Å². The van der Waals surface area contributed by atoms with E-state index in [-0.39, 0.29) is 11.8 Å². The molecule has 2 amide bonds. The lowest BCUT2D eigenvalue weighted by Crippen LogP contribution is -2.58. The fourth-order valence-electron chi connectivity index (χ4n) is 3.55. The van der Waals surface area contributed by atoms with Crippen LogP contribution in [0.4, 0.5) is 5.69 Å². The summed E-state index contributed by atoms with van der Waals surface area (Å²) in [5.41, 5.74) is 0.867. The van der Waals surface area contributed by atoms with E-state index >= 15 is 0 Å². The number of anilines is 1. The quantitative estimate of drug-likeness (QED) is 0.656. The molecule has 1 saturated heterocycles. The van der Waals surface area contributed by atoms with Gasteiger partial charge in [0.15, 0.2) is 0 Å². The van der Waals surface area contributed by atoms with E-state index in [1.165, 1.54) is 0 Å². The Morgan fingerprint density at radius 3 is 2.13 bits per heavy atom. The molecule has 2 aromatic rings. The number of hydrogen-bond donors (Lipinski definition) is 1. The Hall–Kier alpha value is -1.95. The lowest BCUT2D eigenvalue weighted by Gasteiger charge is -2.40. The maximum absolute atomic E-state index is 13.4. The Labute approximate surface area is 198 Å². The summed E-state index contributed by atoms with van der Waals surface area (Å²) in [4.78, 5) is 30.1. The number of piperazine rings is 1. The van der Waals surface area contributed by atoms with Crippen molar-refractivity contribution in [3.05, 3.63) is 63.1 Å². The van der Waals surface area contributed by atoms with Crippen LogP contribution in [0.5, 0.6) is 0 Å². The molecule has 0 bridgehead atoms. The van der Waals surface area contributed by atoms with Crippen LogP contribution < -0.4 is 10.2 Å². The van der Waals surface area contributed by atoms with Crippen LogP contribution in [0.3, 0.4) is 0 Å². The number of carbonyl (C=O) groups excluding carboxylic acids is 2. The topological polar surface area (TPSA) is 52.7 Å². The molecule has 0 aliphatic carbocycles. The highest BCUT2D eigenvalue weighted by Gasteiger charge is 2.37. The molecule has 0 aromatic heterocycles. The van der Waals surface area contributed by atoms with Gasteiger partial charge in [0.1, 0.15) is 6.04 Å². The van der Waals surface area contributed by atoms with E-state index in [4.69, 9.17) is 34.8 Å². The smallest absolute Gasteiger partial charge is 0.253 e. The van der Waals surface area contributed by atoms with Gasteiger partial charge in [-0.3, -0.25) is 9.59 Å². The molecular weight excluding hydrogens is 457 g/mol. The lowest BCUT2D eigenvalue weighted by atomic mass is 9.85. The Kier molecular flexibility index (Phi) is 7.40. The van der Waals surface area contributed by atoms with E-state index in [0.29, 0.717) is 46.8 Å². The Bertz CT molecular complexity index is 967. The summed E-state index contributed by atoms with van der Waals surface area (Å²) < 4.78 is 0. The summed E-state index contributed by atoms with van der Waals surface area (Å²) in [6.07, 6.45) is 0. The van der Waals surface area contributed by atoms with Crippen molar-refractivity contribution < 1.29 is 9.59 Å². The van der Waals surface area contributed by atoms with Gasteiger partial charge in [-0.2, -0.15) is 0 Å². The number of halogens is 3.